The van der Waals surface area contributed by atoms with E-state index < -0.39 is 6.10 Å². The maximum absolute atomic E-state index is 14.0. The van der Waals surface area contributed by atoms with Gasteiger partial charge >= 0.3 is 0 Å². The Hall–Kier alpha value is -3.43. The molecular formula is C27H32FN5O3. The lowest BCUT2D eigenvalue weighted by Gasteiger charge is -2.30. The number of fused-ring (bicyclic) bond motifs is 1. The number of aliphatic hydroxyl groups excluding tert-OH is 2. The van der Waals surface area contributed by atoms with Crippen molar-refractivity contribution in [3.8, 4) is 16.9 Å². The molecular weight excluding hydrogens is 461 g/mol. The van der Waals surface area contributed by atoms with Crippen LogP contribution in [0.5, 0.6) is 5.75 Å². The molecule has 0 unspecified atom stereocenters. The number of hydrogen-bond acceptors (Lipinski definition) is 6. The highest BCUT2D eigenvalue weighted by atomic mass is 19.1. The molecule has 0 amide bonds. The molecule has 1 atom stereocenters. The summed E-state index contributed by atoms with van der Waals surface area (Å²) in [4.78, 5) is 4.60. The van der Waals surface area contributed by atoms with Crippen LogP contribution in [0.3, 0.4) is 0 Å². The number of ether oxygens (including phenoxy) is 1. The first-order valence-electron chi connectivity index (χ1n) is 12.5. The van der Waals surface area contributed by atoms with E-state index in [2.05, 4.69) is 32.2 Å². The molecule has 5 rings (SSSR count). The number of benzene rings is 1. The monoisotopic (exact) mass is 493 g/mol. The Morgan fingerprint density at radius 2 is 1.97 bits per heavy atom. The van der Waals surface area contributed by atoms with E-state index in [1.165, 1.54) is 6.07 Å². The van der Waals surface area contributed by atoms with Crippen LogP contribution in [0.15, 0.2) is 55.1 Å². The third kappa shape index (κ3) is 5.08. The van der Waals surface area contributed by atoms with Gasteiger partial charge in [0.2, 0.25) is 0 Å². The van der Waals surface area contributed by atoms with E-state index in [0.717, 1.165) is 60.1 Å². The summed E-state index contributed by atoms with van der Waals surface area (Å²) in [5, 5.41) is 27.6. The van der Waals surface area contributed by atoms with Crippen LogP contribution in [0.2, 0.25) is 0 Å². The number of para-hydroxylation sites is 1. The SMILES string of the molecule is CCNc1cc2c(cn1)c(-c1cnn(C[C@@H](O)CO)c1)cn2[C@H]1CC[C@@H](Oc2ccccc2F)CC1. The quantitative estimate of drug-likeness (QED) is 0.320. The van der Waals surface area contributed by atoms with E-state index in [1.807, 2.05) is 19.3 Å². The number of nitrogens with zero attached hydrogens (tertiary/aromatic N) is 4. The minimum absolute atomic E-state index is 0.00498. The molecule has 0 bridgehead atoms. The maximum atomic E-state index is 14.0. The van der Waals surface area contributed by atoms with Gasteiger partial charge in [-0.2, -0.15) is 5.10 Å². The van der Waals surface area contributed by atoms with Crippen molar-refractivity contribution in [2.75, 3.05) is 18.5 Å². The van der Waals surface area contributed by atoms with Crippen LogP contribution in [0.25, 0.3) is 22.0 Å². The highest BCUT2D eigenvalue weighted by molar-refractivity contribution is 5.96. The lowest BCUT2D eigenvalue weighted by molar-refractivity contribution is 0.0783. The second-order valence-electron chi connectivity index (χ2n) is 9.33. The molecule has 9 heteroatoms. The molecule has 3 heterocycles. The lowest BCUT2D eigenvalue weighted by atomic mass is 9.92. The van der Waals surface area contributed by atoms with E-state index >= 15 is 0 Å². The number of rotatable bonds is 9. The molecule has 36 heavy (non-hydrogen) atoms. The molecule has 1 aromatic carbocycles. The van der Waals surface area contributed by atoms with E-state index in [4.69, 9.17) is 9.84 Å². The standard InChI is InChI=1S/C27H32FN5O3/c1-2-29-27-11-25-22(13-30-27)23(18-12-31-32(14-18)15-20(35)17-34)16-33(25)19-7-9-21(10-8-19)36-26-6-4-3-5-24(26)28/h3-6,11-14,16,19-21,34-35H,2,7-10,15,17H2,1H3,(H,29,30)/t19-,20-,21+/m1/s1. The Bertz CT molecular complexity index is 1310. The number of aromatic nitrogens is 4. The average molecular weight is 494 g/mol. The van der Waals surface area contributed by atoms with Gasteiger partial charge in [0.15, 0.2) is 11.6 Å². The first-order chi connectivity index (χ1) is 17.6. The second-order valence-corrected chi connectivity index (χ2v) is 9.33. The van der Waals surface area contributed by atoms with Crippen LogP contribution in [0.4, 0.5) is 10.2 Å². The molecule has 1 saturated carbocycles. The molecule has 3 aromatic heterocycles. The fraction of sp³-hybridized carbons (Fsp3) is 0.407. The molecule has 190 valence electrons. The van der Waals surface area contributed by atoms with Gasteiger partial charge < -0.3 is 24.8 Å². The fourth-order valence-corrected chi connectivity index (χ4v) is 4.99. The van der Waals surface area contributed by atoms with E-state index in [-0.39, 0.29) is 31.1 Å². The van der Waals surface area contributed by atoms with Gasteiger partial charge in [-0.25, -0.2) is 9.37 Å². The van der Waals surface area contributed by atoms with Gasteiger partial charge in [-0.05, 0) is 44.7 Å². The molecule has 0 radical (unpaired) electrons. The van der Waals surface area contributed by atoms with Crippen LogP contribution in [-0.2, 0) is 6.54 Å². The van der Waals surface area contributed by atoms with Crippen molar-refractivity contribution < 1.29 is 19.3 Å². The summed E-state index contributed by atoms with van der Waals surface area (Å²) in [5.41, 5.74) is 3.05. The highest BCUT2D eigenvalue weighted by Gasteiger charge is 2.26. The van der Waals surface area contributed by atoms with Gasteiger partial charge in [-0.1, -0.05) is 12.1 Å². The van der Waals surface area contributed by atoms with Crippen LogP contribution in [0, 0.1) is 5.82 Å². The van der Waals surface area contributed by atoms with Crippen molar-refractivity contribution >= 4 is 16.7 Å². The lowest BCUT2D eigenvalue weighted by Crippen LogP contribution is -2.25. The van der Waals surface area contributed by atoms with Crippen molar-refractivity contribution in [2.45, 2.75) is 57.4 Å². The summed E-state index contributed by atoms with van der Waals surface area (Å²) in [7, 11) is 0. The third-order valence-electron chi connectivity index (χ3n) is 6.80. The van der Waals surface area contributed by atoms with Gasteiger partial charge in [0.25, 0.3) is 0 Å². The van der Waals surface area contributed by atoms with E-state index in [9.17, 15) is 9.50 Å². The Morgan fingerprint density at radius 3 is 2.72 bits per heavy atom. The number of aliphatic hydroxyl groups is 2. The number of hydrogen-bond donors (Lipinski definition) is 3. The normalized spacial score (nSPS) is 18.9. The summed E-state index contributed by atoms with van der Waals surface area (Å²) in [5.74, 6) is 0.824. The second kappa shape index (κ2) is 10.7. The topological polar surface area (TPSA) is 97.4 Å². The van der Waals surface area contributed by atoms with Crippen molar-refractivity contribution in [2.24, 2.45) is 0 Å². The third-order valence-corrected chi connectivity index (χ3v) is 6.80. The van der Waals surface area contributed by atoms with Gasteiger partial charge in [0.05, 0.1) is 37.1 Å². The van der Waals surface area contributed by atoms with Crippen molar-refractivity contribution in [3.05, 3.63) is 60.9 Å². The Kier molecular flexibility index (Phi) is 7.20. The zero-order valence-corrected chi connectivity index (χ0v) is 20.3. The first-order valence-corrected chi connectivity index (χ1v) is 12.5. The molecule has 8 nitrogen and oxygen atoms in total. The maximum Gasteiger partial charge on any atom is 0.165 e. The molecule has 0 saturated heterocycles. The summed E-state index contributed by atoms with van der Waals surface area (Å²) in [6, 6.07) is 8.94. The smallest absolute Gasteiger partial charge is 0.165 e. The number of halogens is 1. The largest absolute Gasteiger partial charge is 0.487 e. The van der Waals surface area contributed by atoms with Crippen LogP contribution in [0.1, 0.15) is 38.6 Å². The van der Waals surface area contributed by atoms with E-state index in [0.29, 0.717) is 5.75 Å². The number of pyridine rings is 1. The van der Waals surface area contributed by atoms with Crippen molar-refractivity contribution in [1.29, 1.82) is 0 Å². The van der Waals surface area contributed by atoms with Crippen LogP contribution in [-0.4, -0.2) is 54.9 Å². The Morgan fingerprint density at radius 1 is 1.17 bits per heavy atom. The van der Waals surface area contributed by atoms with Crippen LogP contribution >= 0.6 is 0 Å². The molecule has 1 fully saturated rings. The summed E-state index contributed by atoms with van der Waals surface area (Å²) in [6.45, 7) is 2.74. The minimum atomic E-state index is -0.856. The van der Waals surface area contributed by atoms with Gasteiger partial charge in [-0.3, -0.25) is 4.68 Å². The molecule has 0 spiro atoms. The van der Waals surface area contributed by atoms with Crippen LogP contribution < -0.4 is 10.1 Å². The first kappa shape index (κ1) is 24.3. The Balaban J connectivity index is 1.41. The molecule has 0 aliphatic heterocycles. The molecule has 4 aromatic rings. The predicted octanol–water partition coefficient (Wildman–Crippen LogP) is 4.39. The number of anilines is 1. The van der Waals surface area contributed by atoms with E-state index in [1.54, 1.807) is 29.1 Å². The van der Waals surface area contributed by atoms with Crippen molar-refractivity contribution in [1.82, 2.24) is 19.3 Å². The van der Waals surface area contributed by atoms with Crippen molar-refractivity contribution in [3.63, 3.8) is 0 Å². The minimum Gasteiger partial charge on any atom is -0.487 e. The summed E-state index contributed by atoms with van der Waals surface area (Å²) < 4.78 is 24.0. The zero-order valence-electron chi connectivity index (χ0n) is 20.3. The molecule has 1 aliphatic carbocycles. The van der Waals surface area contributed by atoms with Gasteiger partial charge in [0.1, 0.15) is 5.82 Å². The summed E-state index contributed by atoms with van der Waals surface area (Å²) in [6.07, 6.45) is 10.4. The Labute approximate surface area is 209 Å². The fourth-order valence-electron chi connectivity index (χ4n) is 4.99. The highest BCUT2D eigenvalue weighted by Crippen LogP contribution is 2.38. The predicted molar refractivity (Wildman–Crippen MR) is 137 cm³/mol. The average Bonchev–Trinajstić information content (AvgIpc) is 3.50. The molecule has 1 aliphatic rings. The van der Waals surface area contributed by atoms with Gasteiger partial charge in [-0.15, -0.1) is 0 Å². The molecule has 3 N–H and O–H groups in total. The zero-order chi connectivity index (χ0) is 25.1. The van der Waals surface area contributed by atoms with Gasteiger partial charge in [0, 0.05) is 53.8 Å². The summed E-state index contributed by atoms with van der Waals surface area (Å²) >= 11 is 0. The number of nitrogens with one attached hydrogen (secondary N) is 1.